The van der Waals surface area contributed by atoms with Crippen molar-refractivity contribution >= 4 is 5.78 Å². The molecule has 0 saturated carbocycles. The lowest BCUT2D eigenvalue weighted by Gasteiger charge is -2.30. The van der Waals surface area contributed by atoms with Gasteiger partial charge in [0.1, 0.15) is 28.9 Å². The van der Waals surface area contributed by atoms with E-state index in [9.17, 15) is 35.4 Å². The molecule has 0 saturated heterocycles. The Morgan fingerprint density at radius 3 is 1.81 bits per heavy atom. The highest BCUT2D eigenvalue weighted by atomic mass is 16.5. The second-order valence-corrected chi connectivity index (χ2v) is 8.93. The van der Waals surface area contributed by atoms with Crippen molar-refractivity contribution < 1.29 is 40.2 Å². The van der Waals surface area contributed by atoms with Crippen LogP contribution < -0.4 is 4.74 Å². The number of hydrogen-bond donors (Lipinski definition) is 6. The Hall–Kier alpha value is -4.85. The fourth-order valence-electron chi connectivity index (χ4n) is 4.66. The molecule has 1 atom stereocenters. The molecule has 0 bridgehead atoms. The molecular formula is C29H24O8. The summed E-state index contributed by atoms with van der Waals surface area (Å²) in [5.74, 6) is -2.85. The van der Waals surface area contributed by atoms with Gasteiger partial charge in [-0.2, -0.15) is 0 Å². The molecule has 1 heterocycles. The maximum Gasteiger partial charge on any atom is 0.174 e. The summed E-state index contributed by atoms with van der Waals surface area (Å²) in [7, 11) is 0. The number of phenols is 6. The molecule has 4 aromatic carbocycles. The number of phenolic OH excluding ortho intramolecular Hbond substituents is 6. The predicted octanol–water partition coefficient (Wildman–Crippen LogP) is 4.81. The van der Waals surface area contributed by atoms with E-state index in [2.05, 4.69) is 0 Å². The third-order valence-electron chi connectivity index (χ3n) is 6.61. The first-order chi connectivity index (χ1) is 17.8. The van der Waals surface area contributed by atoms with Gasteiger partial charge in [-0.3, -0.25) is 4.79 Å². The highest BCUT2D eigenvalue weighted by Crippen LogP contribution is 2.50. The number of Topliss-reactive ketones (excluding diaryl/α,β-unsaturated/α-hetero) is 1. The van der Waals surface area contributed by atoms with Gasteiger partial charge in [-0.05, 0) is 17.7 Å². The van der Waals surface area contributed by atoms with Crippen molar-refractivity contribution in [3.8, 4) is 40.2 Å². The van der Waals surface area contributed by atoms with Crippen LogP contribution in [0.15, 0.2) is 66.7 Å². The quantitative estimate of drug-likeness (QED) is 0.214. The molecule has 0 fully saturated rings. The Labute approximate surface area is 211 Å². The molecule has 0 radical (unpaired) electrons. The van der Waals surface area contributed by atoms with Crippen LogP contribution in [0.25, 0.3) is 0 Å². The highest BCUT2D eigenvalue weighted by molar-refractivity contribution is 6.04. The number of fused-ring (bicyclic) bond motifs is 1. The van der Waals surface area contributed by atoms with Gasteiger partial charge in [0, 0.05) is 35.1 Å². The lowest BCUT2D eigenvalue weighted by atomic mass is 9.87. The van der Waals surface area contributed by atoms with Crippen LogP contribution in [0, 0.1) is 0 Å². The first-order valence-electron chi connectivity index (χ1n) is 11.6. The predicted molar refractivity (Wildman–Crippen MR) is 134 cm³/mol. The van der Waals surface area contributed by atoms with Crippen LogP contribution in [-0.2, 0) is 12.8 Å². The number of rotatable bonds is 5. The first kappa shape index (κ1) is 23.9. The number of hydrogen-bond acceptors (Lipinski definition) is 8. The van der Waals surface area contributed by atoms with Crippen molar-refractivity contribution in [2.24, 2.45) is 0 Å². The number of ketones is 1. The van der Waals surface area contributed by atoms with Crippen molar-refractivity contribution in [1.82, 2.24) is 0 Å². The SMILES string of the molecule is O=C1CC(c2ccccc2)Oc2c(Cc3cccc(O)c3O)c(O)c(Cc3cccc(O)c3O)c(O)c21. The van der Waals surface area contributed by atoms with Crippen molar-refractivity contribution in [1.29, 1.82) is 0 Å². The normalized spacial score (nSPS) is 14.7. The molecule has 4 aromatic rings. The minimum Gasteiger partial charge on any atom is -0.507 e. The van der Waals surface area contributed by atoms with E-state index in [1.165, 1.54) is 30.3 Å². The van der Waals surface area contributed by atoms with E-state index in [4.69, 9.17) is 4.74 Å². The molecule has 188 valence electrons. The fraction of sp³-hybridized carbons (Fsp3) is 0.138. The number of benzene rings is 4. The molecule has 0 aromatic heterocycles. The molecule has 1 unspecified atom stereocenters. The van der Waals surface area contributed by atoms with E-state index in [1.807, 2.05) is 30.3 Å². The number of aromatic hydroxyl groups is 6. The summed E-state index contributed by atoms with van der Waals surface area (Å²) in [6, 6.07) is 17.8. The summed E-state index contributed by atoms with van der Waals surface area (Å²) in [4.78, 5) is 13.4. The molecule has 0 aliphatic carbocycles. The molecule has 37 heavy (non-hydrogen) atoms. The lowest BCUT2D eigenvalue weighted by Crippen LogP contribution is -2.22. The Kier molecular flexibility index (Phi) is 6.01. The maximum atomic E-state index is 13.4. The largest absolute Gasteiger partial charge is 0.507 e. The van der Waals surface area contributed by atoms with Gasteiger partial charge < -0.3 is 35.4 Å². The van der Waals surface area contributed by atoms with Gasteiger partial charge in [-0.25, -0.2) is 0 Å². The topological polar surface area (TPSA) is 148 Å². The molecule has 1 aliphatic rings. The van der Waals surface area contributed by atoms with Crippen LogP contribution in [0.4, 0.5) is 0 Å². The third-order valence-corrected chi connectivity index (χ3v) is 6.61. The Morgan fingerprint density at radius 1 is 0.649 bits per heavy atom. The van der Waals surface area contributed by atoms with Crippen molar-refractivity contribution in [3.05, 3.63) is 100 Å². The number of carbonyl (C=O) groups excluding carboxylic acids is 1. The van der Waals surface area contributed by atoms with Gasteiger partial charge in [0.05, 0.1) is 6.42 Å². The van der Waals surface area contributed by atoms with Crippen LogP contribution in [0.5, 0.6) is 40.2 Å². The smallest absolute Gasteiger partial charge is 0.174 e. The van der Waals surface area contributed by atoms with Gasteiger partial charge in [0.25, 0.3) is 0 Å². The van der Waals surface area contributed by atoms with E-state index in [0.29, 0.717) is 0 Å². The number of para-hydroxylation sites is 2. The summed E-state index contributed by atoms with van der Waals surface area (Å²) < 4.78 is 6.20. The molecule has 6 N–H and O–H groups in total. The summed E-state index contributed by atoms with van der Waals surface area (Å²) >= 11 is 0. The van der Waals surface area contributed by atoms with E-state index >= 15 is 0 Å². The monoisotopic (exact) mass is 500 g/mol. The van der Waals surface area contributed by atoms with E-state index in [0.717, 1.165) is 5.56 Å². The zero-order chi connectivity index (χ0) is 26.3. The zero-order valence-electron chi connectivity index (χ0n) is 19.5. The van der Waals surface area contributed by atoms with Crippen LogP contribution in [0.1, 0.15) is 50.7 Å². The molecule has 5 rings (SSSR count). The van der Waals surface area contributed by atoms with Gasteiger partial charge in [0.15, 0.2) is 28.8 Å². The van der Waals surface area contributed by atoms with Crippen LogP contribution in [-0.4, -0.2) is 36.4 Å². The number of carbonyl (C=O) groups is 1. The maximum absolute atomic E-state index is 13.4. The lowest BCUT2D eigenvalue weighted by molar-refractivity contribution is 0.0842. The summed E-state index contributed by atoms with van der Waals surface area (Å²) in [6.45, 7) is 0. The first-order valence-corrected chi connectivity index (χ1v) is 11.6. The average Bonchev–Trinajstić information content (AvgIpc) is 2.89. The average molecular weight is 501 g/mol. The minimum absolute atomic E-state index is 0.0215. The second kappa shape index (κ2) is 9.31. The Morgan fingerprint density at radius 2 is 1.22 bits per heavy atom. The Bertz CT molecular complexity index is 1510. The van der Waals surface area contributed by atoms with Crippen molar-refractivity contribution in [3.63, 3.8) is 0 Å². The summed E-state index contributed by atoms with van der Waals surface area (Å²) in [5, 5.41) is 63.1. The van der Waals surface area contributed by atoms with Crippen LogP contribution >= 0.6 is 0 Å². The minimum atomic E-state index is -0.669. The standard InChI is InChI=1S/C29H24O8/c30-20-10-4-8-16(25(20)33)12-18-27(35)19(13-17-9-5-11-21(31)26(17)34)29-24(28(18)36)22(32)14-23(37-29)15-6-2-1-3-7-15/h1-11,23,30-31,33-36H,12-14H2. The molecule has 1 aliphatic heterocycles. The molecule has 0 amide bonds. The van der Waals surface area contributed by atoms with Crippen molar-refractivity contribution in [2.75, 3.05) is 0 Å². The van der Waals surface area contributed by atoms with Gasteiger partial charge in [-0.15, -0.1) is 0 Å². The highest BCUT2D eigenvalue weighted by Gasteiger charge is 2.36. The van der Waals surface area contributed by atoms with Gasteiger partial charge >= 0.3 is 0 Å². The summed E-state index contributed by atoms with van der Waals surface area (Å²) in [6.07, 6.45) is -1.07. The van der Waals surface area contributed by atoms with Crippen LogP contribution in [0.2, 0.25) is 0 Å². The van der Waals surface area contributed by atoms with Crippen molar-refractivity contribution in [2.45, 2.75) is 25.4 Å². The fourth-order valence-corrected chi connectivity index (χ4v) is 4.66. The molecule has 8 nitrogen and oxygen atoms in total. The second-order valence-electron chi connectivity index (χ2n) is 8.93. The van der Waals surface area contributed by atoms with Gasteiger partial charge in [-0.1, -0.05) is 54.6 Å². The van der Waals surface area contributed by atoms with E-state index in [1.54, 1.807) is 6.07 Å². The van der Waals surface area contributed by atoms with E-state index < -0.39 is 34.9 Å². The zero-order valence-corrected chi connectivity index (χ0v) is 19.5. The van der Waals surface area contributed by atoms with Gasteiger partial charge in [0.2, 0.25) is 0 Å². The van der Waals surface area contributed by atoms with E-state index in [-0.39, 0.29) is 64.3 Å². The molecule has 8 heteroatoms. The summed E-state index contributed by atoms with van der Waals surface area (Å²) in [5.41, 5.74) is 1.16. The Balaban J connectivity index is 1.70. The third kappa shape index (κ3) is 4.23. The van der Waals surface area contributed by atoms with Crippen LogP contribution in [0.3, 0.4) is 0 Å². The molecule has 0 spiro atoms. The number of ether oxygens (including phenoxy) is 1. The molecular weight excluding hydrogens is 476 g/mol.